The molecule has 3 nitrogen and oxygen atoms in total. The second-order valence-corrected chi connectivity index (χ2v) is 6.54. The number of ether oxygens (including phenoxy) is 1. The molecular formula is C19H20O3. The van der Waals surface area contributed by atoms with Crippen LogP contribution in [-0.2, 0) is 4.79 Å². The quantitative estimate of drug-likeness (QED) is 0.654. The molecule has 0 aliphatic heterocycles. The van der Waals surface area contributed by atoms with Gasteiger partial charge in [-0.25, -0.2) is 0 Å². The number of benzene rings is 2. The van der Waals surface area contributed by atoms with Gasteiger partial charge in [-0.1, -0.05) is 25.1 Å². The van der Waals surface area contributed by atoms with Crippen molar-refractivity contribution < 1.29 is 14.6 Å². The second-order valence-electron chi connectivity index (χ2n) is 6.54. The van der Waals surface area contributed by atoms with E-state index in [-0.39, 0.29) is 5.97 Å². The zero-order chi connectivity index (χ0) is 15.4. The van der Waals surface area contributed by atoms with E-state index in [1.807, 2.05) is 32.0 Å². The van der Waals surface area contributed by atoms with Crippen molar-refractivity contribution in [3.05, 3.63) is 34.9 Å². The van der Waals surface area contributed by atoms with Gasteiger partial charge in [0.2, 0.25) is 0 Å². The lowest BCUT2D eigenvalue weighted by Gasteiger charge is -2.23. The number of hydrogen-bond acceptors (Lipinski definition) is 3. The first kappa shape index (κ1) is 13.6. The highest BCUT2D eigenvalue weighted by atomic mass is 16.5. The van der Waals surface area contributed by atoms with Gasteiger partial charge in [0, 0.05) is 28.3 Å². The summed E-state index contributed by atoms with van der Waals surface area (Å²) in [5, 5.41) is 12.5. The van der Waals surface area contributed by atoms with Crippen molar-refractivity contribution in [3.8, 4) is 11.5 Å². The van der Waals surface area contributed by atoms with Gasteiger partial charge in [0.05, 0.1) is 0 Å². The molecule has 0 heterocycles. The summed E-state index contributed by atoms with van der Waals surface area (Å²) >= 11 is 0. The third-order valence-corrected chi connectivity index (χ3v) is 5.30. The number of hydrogen-bond donors (Lipinski definition) is 1. The molecule has 0 radical (unpaired) electrons. The standard InChI is InChI=1S/C19H20O3/c1-3-14(20)22-19-15-10(2)5-4-6-13(15)18(21)16-11-7-8-12(9-11)17(16)19/h4-6,11-12,21H,3,7-9H2,1-2H3. The summed E-state index contributed by atoms with van der Waals surface area (Å²) in [6.45, 7) is 3.81. The fraction of sp³-hybridized carbons (Fsp3) is 0.421. The number of rotatable bonds is 2. The predicted molar refractivity (Wildman–Crippen MR) is 85.6 cm³/mol. The summed E-state index contributed by atoms with van der Waals surface area (Å²) in [5.74, 6) is 1.75. The Morgan fingerprint density at radius 3 is 2.73 bits per heavy atom. The molecule has 0 amide bonds. The van der Waals surface area contributed by atoms with Gasteiger partial charge in [0.15, 0.2) is 0 Å². The van der Waals surface area contributed by atoms with Crippen LogP contribution in [0.3, 0.4) is 0 Å². The molecule has 3 heteroatoms. The molecule has 22 heavy (non-hydrogen) atoms. The Labute approximate surface area is 129 Å². The number of aryl methyl sites for hydroxylation is 1. The normalized spacial score (nSPS) is 22.1. The number of phenols is 1. The largest absolute Gasteiger partial charge is 0.507 e. The molecule has 2 atom stereocenters. The van der Waals surface area contributed by atoms with Crippen molar-refractivity contribution in [1.82, 2.24) is 0 Å². The number of phenolic OH excluding ortho intramolecular Hbond substituents is 1. The Bertz CT molecular complexity index is 791. The Kier molecular flexibility index (Phi) is 2.93. The molecule has 1 N–H and O–H groups in total. The second kappa shape index (κ2) is 4.73. The van der Waals surface area contributed by atoms with Crippen molar-refractivity contribution in [3.63, 3.8) is 0 Å². The highest BCUT2D eigenvalue weighted by Crippen LogP contribution is 2.61. The molecule has 4 rings (SSSR count). The maximum atomic E-state index is 11.9. The third-order valence-electron chi connectivity index (χ3n) is 5.30. The van der Waals surface area contributed by atoms with Crippen LogP contribution in [0.5, 0.6) is 11.5 Å². The van der Waals surface area contributed by atoms with E-state index in [9.17, 15) is 9.90 Å². The van der Waals surface area contributed by atoms with E-state index in [0.29, 0.717) is 29.8 Å². The molecule has 1 saturated carbocycles. The summed E-state index contributed by atoms with van der Waals surface area (Å²) in [6.07, 6.45) is 3.70. The fourth-order valence-electron chi connectivity index (χ4n) is 4.31. The van der Waals surface area contributed by atoms with Crippen LogP contribution in [0.1, 0.15) is 61.1 Å². The zero-order valence-corrected chi connectivity index (χ0v) is 13.0. The smallest absolute Gasteiger partial charge is 0.310 e. The molecule has 114 valence electrons. The minimum Gasteiger partial charge on any atom is -0.507 e. The molecule has 2 aromatic rings. The Hall–Kier alpha value is -2.03. The molecule has 2 aromatic carbocycles. The van der Waals surface area contributed by atoms with Crippen LogP contribution in [-0.4, -0.2) is 11.1 Å². The average Bonchev–Trinajstić information content (AvgIpc) is 3.12. The number of aromatic hydroxyl groups is 1. The van der Waals surface area contributed by atoms with Crippen molar-refractivity contribution in [1.29, 1.82) is 0 Å². The maximum absolute atomic E-state index is 11.9. The lowest BCUT2D eigenvalue weighted by molar-refractivity contribution is -0.133. The van der Waals surface area contributed by atoms with E-state index >= 15 is 0 Å². The molecule has 0 aromatic heterocycles. The third kappa shape index (κ3) is 1.71. The number of fused-ring (bicyclic) bond motifs is 6. The van der Waals surface area contributed by atoms with E-state index in [1.165, 1.54) is 0 Å². The fourth-order valence-corrected chi connectivity index (χ4v) is 4.31. The first-order valence-corrected chi connectivity index (χ1v) is 8.10. The van der Waals surface area contributed by atoms with Crippen LogP contribution in [0, 0.1) is 6.92 Å². The van der Waals surface area contributed by atoms with Crippen LogP contribution in [0.15, 0.2) is 18.2 Å². The zero-order valence-electron chi connectivity index (χ0n) is 13.0. The average molecular weight is 296 g/mol. The van der Waals surface area contributed by atoms with Crippen molar-refractivity contribution in [2.24, 2.45) is 0 Å². The van der Waals surface area contributed by atoms with Gasteiger partial charge in [0.1, 0.15) is 11.5 Å². The van der Waals surface area contributed by atoms with Gasteiger partial charge in [-0.3, -0.25) is 4.79 Å². The Balaban J connectivity index is 2.08. The molecular weight excluding hydrogens is 276 g/mol. The van der Waals surface area contributed by atoms with Crippen molar-refractivity contribution in [2.45, 2.75) is 51.4 Å². The molecule has 0 saturated heterocycles. The first-order chi connectivity index (χ1) is 10.6. The number of esters is 1. The van der Waals surface area contributed by atoms with Crippen LogP contribution in [0.25, 0.3) is 10.8 Å². The van der Waals surface area contributed by atoms with Gasteiger partial charge < -0.3 is 9.84 Å². The summed E-state index contributed by atoms with van der Waals surface area (Å²) in [7, 11) is 0. The molecule has 2 bridgehead atoms. The van der Waals surface area contributed by atoms with Gasteiger partial charge in [-0.05, 0) is 43.6 Å². The van der Waals surface area contributed by atoms with E-state index in [1.54, 1.807) is 0 Å². The summed E-state index contributed by atoms with van der Waals surface area (Å²) in [4.78, 5) is 11.9. The lowest BCUT2D eigenvalue weighted by Crippen LogP contribution is -2.11. The first-order valence-electron chi connectivity index (χ1n) is 8.10. The minimum absolute atomic E-state index is 0.208. The monoisotopic (exact) mass is 296 g/mol. The highest BCUT2D eigenvalue weighted by molar-refractivity contribution is 6.00. The Morgan fingerprint density at radius 2 is 2.00 bits per heavy atom. The maximum Gasteiger partial charge on any atom is 0.310 e. The predicted octanol–water partition coefficient (Wildman–Crippen LogP) is 4.53. The van der Waals surface area contributed by atoms with Gasteiger partial charge in [-0.15, -0.1) is 0 Å². The molecule has 0 spiro atoms. The van der Waals surface area contributed by atoms with E-state index in [2.05, 4.69) is 0 Å². The van der Waals surface area contributed by atoms with E-state index < -0.39 is 0 Å². The molecule has 2 unspecified atom stereocenters. The molecule has 1 fully saturated rings. The van der Waals surface area contributed by atoms with Crippen LogP contribution in [0.2, 0.25) is 0 Å². The summed E-state index contributed by atoms with van der Waals surface area (Å²) in [5.41, 5.74) is 3.17. The number of carbonyl (C=O) groups is 1. The summed E-state index contributed by atoms with van der Waals surface area (Å²) in [6, 6.07) is 5.88. The van der Waals surface area contributed by atoms with Gasteiger partial charge in [0.25, 0.3) is 0 Å². The van der Waals surface area contributed by atoms with E-state index in [0.717, 1.165) is 46.7 Å². The molecule has 2 aliphatic rings. The molecule has 2 aliphatic carbocycles. The highest BCUT2D eigenvalue weighted by Gasteiger charge is 2.42. The number of carbonyl (C=O) groups excluding carboxylic acids is 1. The van der Waals surface area contributed by atoms with Crippen molar-refractivity contribution in [2.75, 3.05) is 0 Å². The minimum atomic E-state index is -0.208. The van der Waals surface area contributed by atoms with Crippen LogP contribution < -0.4 is 4.74 Å². The van der Waals surface area contributed by atoms with Crippen LogP contribution >= 0.6 is 0 Å². The van der Waals surface area contributed by atoms with E-state index in [4.69, 9.17) is 4.74 Å². The van der Waals surface area contributed by atoms with Crippen LogP contribution in [0.4, 0.5) is 0 Å². The lowest BCUT2D eigenvalue weighted by atomic mass is 9.86. The topological polar surface area (TPSA) is 46.5 Å². The Morgan fingerprint density at radius 1 is 1.27 bits per heavy atom. The SMILES string of the molecule is CCC(=O)Oc1c2c(c(O)c3cccc(C)c13)C1CCC2C1. The van der Waals surface area contributed by atoms with Gasteiger partial charge >= 0.3 is 5.97 Å². The van der Waals surface area contributed by atoms with Crippen molar-refractivity contribution >= 4 is 16.7 Å². The summed E-state index contributed by atoms with van der Waals surface area (Å²) < 4.78 is 5.76. The van der Waals surface area contributed by atoms with Gasteiger partial charge in [-0.2, -0.15) is 0 Å².